The Morgan fingerprint density at radius 2 is 1.88 bits per heavy atom. The first-order chi connectivity index (χ1) is 7.65. The van der Waals surface area contributed by atoms with E-state index in [9.17, 15) is 9.59 Å². The number of carbonyl (C=O) groups is 2. The van der Waals surface area contributed by atoms with Crippen molar-refractivity contribution in [1.82, 2.24) is 5.32 Å². The molecule has 84 valence electrons. The maximum absolute atomic E-state index is 11.6. The molecular weight excluding hydrogens is 202 g/mol. The van der Waals surface area contributed by atoms with Crippen molar-refractivity contribution in [3.05, 3.63) is 41.5 Å². The van der Waals surface area contributed by atoms with E-state index in [-0.39, 0.29) is 17.3 Å². The van der Waals surface area contributed by atoms with Crippen LogP contribution in [0.5, 0.6) is 0 Å². The molecule has 3 nitrogen and oxygen atoms in total. The van der Waals surface area contributed by atoms with Crippen LogP contribution in [0.1, 0.15) is 19.4 Å². The summed E-state index contributed by atoms with van der Waals surface area (Å²) in [4.78, 5) is 22.9. The van der Waals surface area contributed by atoms with Crippen LogP contribution in [0.25, 0.3) is 6.08 Å². The van der Waals surface area contributed by atoms with Gasteiger partial charge in [0.1, 0.15) is 0 Å². The van der Waals surface area contributed by atoms with Gasteiger partial charge in [-0.15, -0.1) is 0 Å². The topological polar surface area (TPSA) is 46.2 Å². The van der Waals surface area contributed by atoms with Crippen molar-refractivity contribution in [3.63, 3.8) is 0 Å². The molecule has 16 heavy (non-hydrogen) atoms. The third-order valence-electron chi connectivity index (χ3n) is 2.07. The van der Waals surface area contributed by atoms with E-state index >= 15 is 0 Å². The van der Waals surface area contributed by atoms with Gasteiger partial charge in [-0.05, 0) is 25.5 Å². The normalized spacial score (nSPS) is 11.0. The Kier molecular flexibility index (Phi) is 4.45. The molecule has 0 spiro atoms. The maximum atomic E-state index is 11.6. The van der Waals surface area contributed by atoms with Crippen molar-refractivity contribution in [2.75, 3.05) is 6.54 Å². The molecule has 0 aliphatic heterocycles. The van der Waals surface area contributed by atoms with E-state index in [1.807, 2.05) is 37.3 Å². The minimum absolute atomic E-state index is 0.188. The van der Waals surface area contributed by atoms with Crippen molar-refractivity contribution >= 4 is 17.8 Å². The van der Waals surface area contributed by atoms with Crippen LogP contribution in [0.15, 0.2) is 35.9 Å². The number of ketones is 1. The predicted octanol–water partition coefficient (Wildman–Crippen LogP) is 1.80. The smallest absolute Gasteiger partial charge is 0.254 e. The van der Waals surface area contributed by atoms with Gasteiger partial charge in [0.25, 0.3) is 5.91 Å². The number of hydrogen-bond acceptors (Lipinski definition) is 2. The van der Waals surface area contributed by atoms with E-state index in [1.165, 1.54) is 6.92 Å². The molecule has 0 saturated carbocycles. The lowest BCUT2D eigenvalue weighted by atomic mass is 10.1. The van der Waals surface area contributed by atoms with Crippen LogP contribution >= 0.6 is 0 Å². The Hall–Kier alpha value is -1.90. The van der Waals surface area contributed by atoms with E-state index in [2.05, 4.69) is 5.32 Å². The predicted molar refractivity (Wildman–Crippen MR) is 63.8 cm³/mol. The number of likely N-dealkylation sites (N-methyl/N-ethyl adjacent to an activating group) is 1. The first-order valence-corrected chi connectivity index (χ1v) is 5.21. The summed E-state index contributed by atoms with van der Waals surface area (Å²) in [5.74, 6) is -0.548. The number of hydrogen-bond donors (Lipinski definition) is 1. The Morgan fingerprint density at radius 1 is 1.25 bits per heavy atom. The Labute approximate surface area is 95.2 Å². The summed E-state index contributed by atoms with van der Waals surface area (Å²) in [5.41, 5.74) is 1.03. The number of Topliss-reactive ketones (excluding diaryl/α,β-unsaturated/α-hetero) is 1. The van der Waals surface area contributed by atoms with Crippen molar-refractivity contribution in [2.24, 2.45) is 0 Å². The van der Waals surface area contributed by atoms with Gasteiger partial charge in [-0.2, -0.15) is 0 Å². The lowest BCUT2D eigenvalue weighted by Gasteiger charge is -2.03. The molecule has 1 amide bonds. The molecule has 0 bridgehead atoms. The molecule has 0 fully saturated rings. The molecule has 0 heterocycles. The molecule has 1 N–H and O–H groups in total. The van der Waals surface area contributed by atoms with Gasteiger partial charge in [-0.25, -0.2) is 0 Å². The zero-order valence-corrected chi connectivity index (χ0v) is 9.49. The molecule has 0 radical (unpaired) electrons. The third-order valence-corrected chi connectivity index (χ3v) is 2.07. The summed E-state index contributed by atoms with van der Waals surface area (Å²) in [5, 5.41) is 2.62. The van der Waals surface area contributed by atoms with Crippen molar-refractivity contribution in [1.29, 1.82) is 0 Å². The van der Waals surface area contributed by atoms with E-state index < -0.39 is 0 Å². The molecule has 0 aromatic heterocycles. The van der Waals surface area contributed by atoms with Crippen LogP contribution in [0.3, 0.4) is 0 Å². The van der Waals surface area contributed by atoms with Crippen molar-refractivity contribution in [3.8, 4) is 0 Å². The average Bonchev–Trinajstić information content (AvgIpc) is 2.27. The first kappa shape index (κ1) is 12.2. The molecule has 0 saturated heterocycles. The van der Waals surface area contributed by atoms with Gasteiger partial charge >= 0.3 is 0 Å². The lowest BCUT2D eigenvalue weighted by molar-refractivity contribution is -0.121. The summed E-state index contributed by atoms with van der Waals surface area (Å²) < 4.78 is 0. The molecule has 0 atom stereocenters. The summed E-state index contributed by atoms with van der Waals surface area (Å²) in [6, 6.07) is 9.31. The summed E-state index contributed by atoms with van der Waals surface area (Å²) in [6.45, 7) is 3.72. The van der Waals surface area contributed by atoms with E-state index in [0.717, 1.165) is 5.56 Å². The standard InChI is InChI=1S/C13H15NO2/c1-3-14-13(16)12(10(2)15)9-11-7-5-4-6-8-11/h4-9H,3H2,1-2H3,(H,14,16). The molecule has 0 unspecified atom stereocenters. The largest absolute Gasteiger partial charge is 0.352 e. The Balaban J connectivity index is 2.99. The van der Waals surface area contributed by atoms with E-state index in [1.54, 1.807) is 6.08 Å². The van der Waals surface area contributed by atoms with Crippen LogP contribution in [0.4, 0.5) is 0 Å². The average molecular weight is 217 g/mol. The van der Waals surface area contributed by atoms with Crippen LogP contribution < -0.4 is 5.32 Å². The summed E-state index contributed by atoms with van der Waals surface area (Å²) >= 11 is 0. The van der Waals surface area contributed by atoms with Crippen molar-refractivity contribution < 1.29 is 9.59 Å². The van der Waals surface area contributed by atoms with Gasteiger partial charge in [0.15, 0.2) is 5.78 Å². The summed E-state index contributed by atoms with van der Waals surface area (Å²) in [6.07, 6.45) is 1.60. The lowest BCUT2D eigenvalue weighted by Crippen LogP contribution is -2.27. The Morgan fingerprint density at radius 3 is 2.38 bits per heavy atom. The second kappa shape index (κ2) is 5.85. The zero-order chi connectivity index (χ0) is 12.0. The van der Waals surface area contributed by atoms with Crippen LogP contribution in [0, 0.1) is 0 Å². The van der Waals surface area contributed by atoms with Gasteiger partial charge < -0.3 is 5.32 Å². The maximum Gasteiger partial charge on any atom is 0.254 e. The van der Waals surface area contributed by atoms with Crippen LogP contribution in [-0.2, 0) is 9.59 Å². The number of benzene rings is 1. The number of nitrogens with one attached hydrogen (secondary N) is 1. The third kappa shape index (κ3) is 3.35. The molecule has 0 aliphatic carbocycles. The molecular formula is C13H15NO2. The SMILES string of the molecule is CCNC(=O)C(=Cc1ccccc1)C(C)=O. The van der Waals surface area contributed by atoms with Gasteiger partial charge in [0.2, 0.25) is 0 Å². The fraction of sp³-hybridized carbons (Fsp3) is 0.231. The van der Waals surface area contributed by atoms with Crippen LogP contribution in [-0.4, -0.2) is 18.2 Å². The van der Waals surface area contributed by atoms with E-state index in [4.69, 9.17) is 0 Å². The quantitative estimate of drug-likeness (QED) is 0.475. The monoisotopic (exact) mass is 217 g/mol. The molecule has 3 heteroatoms. The minimum Gasteiger partial charge on any atom is -0.352 e. The second-order valence-electron chi connectivity index (χ2n) is 3.38. The minimum atomic E-state index is -0.321. The fourth-order valence-electron chi connectivity index (χ4n) is 1.30. The van der Waals surface area contributed by atoms with Gasteiger partial charge in [-0.1, -0.05) is 30.3 Å². The summed E-state index contributed by atoms with van der Waals surface area (Å²) in [7, 11) is 0. The van der Waals surface area contributed by atoms with E-state index in [0.29, 0.717) is 6.54 Å². The molecule has 1 aromatic carbocycles. The first-order valence-electron chi connectivity index (χ1n) is 5.21. The fourth-order valence-corrected chi connectivity index (χ4v) is 1.30. The highest BCUT2D eigenvalue weighted by atomic mass is 16.2. The van der Waals surface area contributed by atoms with Gasteiger partial charge in [-0.3, -0.25) is 9.59 Å². The van der Waals surface area contributed by atoms with Crippen LogP contribution in [0.2, 0.25) is 0 Å². The molecule has 1 rings (SSSR count). The number of carbonyl (C=O) groups excluding carboxylic acids is 2. The molecule has 0 aliphatic rings. The van der Waals surface area contributed by atoms with Gasteiger partial charge in [0.05, 0.1) is 5.57 Å². The molecule has 1 aromatic rings. The van der Waals surface area contributed by atoms with Crippen molar-refractivity contribution in [2.45, 2.75) is 13.8 Å². The highest BCUT2D eigenvalue weighted by Gasteiger charge is 2.12. The zero-order valence-electron chi connectivity index (χ0n) is 9.49. The highest BCUT2D eigenvalue weighted by molar-refractivity contribution is 6.21. The number of rotatable bonds is 4. The second-order valence-corrected chi connectivity index (χ2v) is 3.38. The number of amides is 1. The highest BCUT2D eigenvalue weighted by Crippen LogP contribution is 2.07. The Bertz CT molecular complexity index is 407. The van der Waals surface area contributed by atoms with Gasteiger partial charge in [0, 0.05) is 6.54 Å².